The first-order valence-corrected chi connectivity index (χ1v) is 6.92. The summed E-state index contributed by atoms with van der Waals surface area (Å²) in [6.45, 7) is 6.28. The lowest BCUT2D eigenvalue weighted by atomic mass is 10.0. The average Bonchev–Trinajstić information content (AvgIpc) is 3.14. The normalized spacial score (nSPS) is 23.8. The fraction of sp³-hybridized carbons (Fsp3) is 0.786. The molecule has 0 bridgehead atoms. The number of hydrogen-bond donors (Lipinski definition) is 1. The third-order valence-corrected chi connectivity index (χ3v) is 3.80. The third-order valence-electron chi connectivity index (χ3n) is 3.80. The molecule has 1 saturated carbocycles. The number of piperidine rings is 1. The van der Waals surface area contributed by atoms with Gasteiger partial charge in [0.15, 0.2) is 0 Å². The Hall–Kier alpha value is -0.830. The van der Waals surface area contributed by atoms with Crippen LogP contribution in [0.15, 0.2) is 11.6 Å². The summed E-state index contributed by atoms with van der Waals surface area (Å²) in [6, 6.07) is 1.26. The Labute approximate surface area is 104 Å². The van der Waals surface area contributed by atoms with E-state index in [1.54, 1.807) is 0 Å². The Morgan fingerprint density at radius 3 is 2.47 bits per heavy atom. The highest BCUT2D eigenvalue weighted by molar-refractivity contribution is 5.92. The van der Waals surface area contributed by atoms with Gasteiger partial charge in [0.05, 0.1) is 0 Å². The fourth-order valence-corrected chi connectivity index (χ4v) is 2.55. The van der Waals surface area contributed by atoms with E-state index in [-0.39, 0.29) is 5.91 Å². The van der Waals surface area contributed by atoms with Crippen molar-refractivity contribution in [3.05, 3.63) is 11.6 Å². The van der Waals surface area contributed by atoms with Crippen molar-refractivity contribution in [1.82, 2.24) is 10.2 Å². The van der Waals surface area contributed by atoms with Gasteiger partial charge < -0.3 is 10.2 Å². The van der Waals surface area contributed by atoms with Crippen LogP contribution in [0.4, 0.5) is 0 Å². The average molecular weight is 236 g/mol. The number of carbonyl (C=O) groups is 1. The van der Waals surface area contributed by atoms with Crippen LogP contribution >= 0.6 is 0 Å². The lowest BCUT2D eigenvalue weighted by Gasteiger charge is -2.32. The van der Waals surface area contributed by atoms with E-state index < -0.39 is 0 Å². The van der Waals surface area contributed by atoms with Crippen molar-refractivity contribution in [3.8, 4) is 0 Å². The second-order valence-electron chi connectivity index (χ2n) is 5.31. The highest BCUT2D eigenvalue weighted by atomic mass is 16.1. The molecular weight excluding hydrogens is 212 g/mol. The molecule has 0 unspecified atom stereocenters. The molecular formula is C14H24N2O. The molecule has 1 aliphatic heterocycles. The van der Waals surface area contributed by atoms with Gasteiger partial charge in [0.2, 0.25) is 5.91 Å². The van der Waals surface area contributed by atoms with Gasteiger partial charge in [0, 0.05) is 30.7 Å². The molecule has 3 nitrogen and oxygen atoms in total. The zero-order valence-electron chi connectivity index (χ0n) is 11.0. The molecule has 0 atom stereocenters. The van der Waals surface area contributed by atoms with Crippen LogP contribution in [-0.4, -0.2) is 36.0 Å². The summed E-state index contributed by atoms with van der Waals surface area (Å²) in [5, 5.41) is 3.15. The van der Waals surface area contributed by atoms with Crippen LogP contribution in [0.5, 0.6) is 0 Å². The minimum absolute atomic E-state index is 0.122. The van der Waals surface area contributed by atoms with Crippen molar-refractivity contribution in [2.45, 2.75) is 58.0 Å². The molecule has 1 heterocycles. The standard InChI is InChI=1S/C14H24N2O/c1-3-4-11(2)14(17)15-12-7-9-16(10-8-12)13-5-6-13/h4,12-13H,3,5-10H2,1-2H3,(H,15,17)/b11-4-. The van der Waals surface area contributed by atoms with Crippen LogP contribution in [0, 0.1) is 0 Å². The van der Waals surface area contributed by atoms with Crippen LogP contribution in [0.2, 0.25) is 0 Å². The number of nitrogens with one attached hydrogen (secondary N) is 1. The van der Waals surface area contributed by atoms with E-state index in [1.165, 1.54) is 12.8 Å². The van der Waals surface area contributed by atoms with Gasteiger partial charge in [-0.15, -0.1) is 0 Å². The van der Waals surface area contributed by atoms with Gasteiger partial charge in [-0.05, 0) is 39.0 Å². The van der Waals surface area contributed by atoms with Gasteiger partial charge in [0.1, 0.15) is 0 Å². The van der Waals surface area contributed by atoms with Crippen molar-refractivity contribution < 1.29 is 4.79 Å². The van der Waals surface area contributed by atoms with Crippen molar-refractivity contribution in [1.29, 1.82) is 0 Å². The van der Waals surface area contributed by atoms with E-state index in [2.05, 4.69) is 17.1 Å². The highest BCUT2D eigenvalue weighted by Crippen LogP contribution is 2.29. The predicted molar refractivity (Wildman–Crippen MR) is 69.8 cm³/mol. The first-order chi connectivity index (χ1) is 8.20. The SMILES string of the molecule is CC/C=C(/C)C(=O)NC1CCN(C2CC2)CC1. The minimum Gasteiger partial charge on any atom is -0.350 e. The number of hydrogen-bond acceptors (Lipinski definition) is 2. The summed E-state index contributed by atoms with van der Waals surface area (Å²) in [6.07, 6.45) is 7.92. The van der Waals surface area contributed by atoms with Crippen LogP contribution in [-0.2, 0) is 4.79 Å². The van der Waals surface area contributed by atoms with Crippen LogP contribution < -0.4 is 5.32 Å². The molecule has 0 aromatic heterocycles. The monoisotopic (exact) mass is 236 g/mol. The van der Waals surface area contributed by atoms with Gasteiger partial charge >= 0.3 is 0 Å². The Kier molecular flexibility index (Phi) is 4.21. The third kappa shape index (κ3) is 3.56. The van der Waals surface area contributed by atoms with E-state index in [0.29, 0.717) is 6.04 Å². The highest BCUT2D eigenvalue weighted by Gasteiger charge is 2.32. The van der Waals surface area contributed by atoms with Gasteiger partial charge in [-0.25, -0.2) is 0 Å². The van der Waals surface area contributed by atoms with Gasteiger partial charge in [0.25, 0.3) is 0 Å². The maximum absolute atomic E-state index is 11.8. The van der Waals surface area contributed by atoms with Gasteiger partial charge in [-0.3, -0.25) is 4.79 Å². The maximum atomic E-state index is 11.8. The Morgan fingerprint density at radius 1 is 1.29 bits per heavy atom. The minimum atomic E-state index is 0.122. The number of amides is 1. The van der Waals surface area contributed by atoms with Crippen molar-refractivity contribution in [2.24, 2.45) is 0 Å². The molecule has 2 rings (SSSR count). The Morgan fingerprint density at radius 2 is 1.94 bits per heavy atom. The second kappa shape index (κ2) is 5.67. The Balaban J connectivity index is 1.73. The van der Waals surface area contributed by atoms with E-state index in [4.69, 9.17) is 0 Å². The maximum Gasteiger partial charge on any atom is 0.246 e. The summed E-state index contributed by atoms with van der Waals surface area (Å²) in [5.41, 5.74) is 0.858. The van der Waals surface area contributed by atoms with Crippen molar-refractivity contribution in [3.63, 3.8) is 0 Å². The summed E-state index contributed by atoms with van der Waals surface area (Å²) < 4.78 is 0. The molecule has 1 amide bonds. The molecule has 2 aliphatic rings. The first kappa shape index (κ1) is 12.6. The second-order valence-corrected chi connectivity index (χ2v) is 5.31. The molecule has 0 radical (unpaired) electrons. The number of rotatable bonds is 4. The van der Waals surface area contributed by atoms with Gasteiger partial charge in [-0.1, -0.05) is 13.0 Å². The predicted octanol–water partition coefficient (Wildman–Crippen LogP) is 2.09. The quantitative estimate of drug-likeness (QED) is 0.758. The molecule has 1 N–H and O–H groups in total. The number of allylic oxidation sites excluding steroid dienone is 1. The zero-order valence-corrected chi connectivity index (χ0v) is 11.0. The van der Waals surface area contributed by atoms with Gasteiger partial charge in [-0.2, -0.15) is 0 Å². The summed E-state index contributed by atoms with van der Waals surface area (Å²) >= 11 is 0. The number of nitrogens with zero attached hydrogens (tertiary/aromatic N) is 1. The summed E-state index contributed by atoms with van der Waals surface area (Å²) in [7, 11) is 0. The van der Waals surface area contributed by atoms with Crippen LogP contribution in [0.25, 0.3) is 0 Å². The molecule has 3 heteroatoms. The smallest absolute Gasteiger partial charge is 0.246 e. The van der Waals surface area contributed by atoms with E-state index >= 15 is 0 Å². The molecule has 1 saturated heterocycles. The lowest BCUT2D eigenvalue weighted by Crippen LogP contribution is -2.45. The zero-order chi connectivity index (χ0) is 12.3. The molecule has 0 aromatic rings. The first-order valence-electron chi connectivity index (χ1n) is 6.92. The van der Waals surface area contributed by atoms with E-state index in [0.717, 1.165) is 44.0 Å². The van der Waals surface area contributed by atoms with Crippen molar-refractivity contribution >= 4 is 5.91 Å². The molecule has 17 heavy (non-hydrogen) atoms. The number of likely N-dealkylation sites (tertiary alicyclic amines) is 1. The van der Waals surface area contributed by atoms with Crippen LogP contribution in [0.3, 0.4) is 0 Å². The molecule has 96 valence electrons. The number of carbonyl (C=O) groups excluding carboxylic acids is 1. The topological polar surface area (TPSA) is 32.3 Å². The summed E-state index contributed by atoms with van der Waals surface area (Å²) in [4.78, 5) is 14.4. The Bertz CT molecular complexity index is 299. The molecule has 1 aliphatic carbocycles. The molecule has 2 fully saturated rings. The van der Waals surface area contributed by atoms with Crippen LogP contribution in [0.1, 0.15) is 46.0 Å². The summed E-state index contributed by atoms with van der Waals surface area (Å²) in [5.74, 6) is 0.122. The van der Waals surface area contributed by atoms with Crippen molar-refractivity contribution in [2.75, 3.05) is 13.1 Å². The molecule has 0 spiro atoms. The molecule has 0 aromatic carbocycles. The lowest BCUT2D eigenvalue weighted by molar-refractivity contribution is -0.118. The fourth-order valence-electron chi connectivity index (χ4n) is 2.55. The van der Waals surface area contributed by atoms with E-state index in [9.17, 15) is 4.79 Å². The largest absolute Gasteiger partial charge is 0.350 e. The van der Waals surface area contributed by atoms with E-state index in [1.807, 2.05) is 13.0 Å².